The highest BCUT2D eigenvalue weighted by Gasteiger charge is 2.15. The summed E-state index contributed by atoms with van der Waals surface area (Å²) in [5.74, 6) is 1.76. The molecule has 0 aliphatic heterocycles. The lowest BCUT2D eigenvalue weighted by Crippen LogP contribution is -2.28. The lowest BCUT2D eigenvalue weighted by molar-refractivity contribution is 0.353. The Hall–Kier alpha value is -1.82. The summed E-state index contributed by atoms with van der Waals surface area (Å²) in [7, 11) is 0. The summed E-state index contributed by atoms with van der Waals surface area (Å²) in [5.41, 5.74) is 6.95. The van der Waals surface area contributed by atoms with Crippen LogP contribution in [0, 0.1) is 12.8 Å². The van der Waals surface area contributed by atoms with Crippen molar-refractivity contribution in [2.24, 2.45) is 11.7 Å². The molecule has 0 amide bonds. The molecular weight excluding hydrogens is 230 g/mol. The van der Waals surface area contributed by atoms with Crippen LogP contribution in [0.3, 0.4) is 0 Å². The lowest BCUT2D eigenvalue weighted by atomic mass is 10.0. The van der Waals surface area contributed by atoms with E-state index in [0.29, 0.717) is 29.9 Å². The van der Waals surface area contributed by atoms with Crippen molar-refractivity contribution in [1.82, 2.24) is 20.1 Å². The van der Waals surface area contributed by atoms with Gasteiger partial charge in [0.1, 0.15) is 0 Å². The quantitative estimate of drug-likeness (QED) is 0.877. The molecule has 6 nitrogen and oxygen atoms in total. The molecule has 0 saturated carbocycles. The number of nitrogens with zero attached hydrogens (tertiary/aromatic N) is 4. The van der Waals surface area contributed by atoms with E-state index in [1.807, 2.05) is 6.92 Å². The molecule has 0 fully saturated rings. The Morgan fingerprint density at radius 1 is 1.22 bits per heavy atom. The minimum absolute atomic E-state index is 0.0113. The van der Waals surface area contributed by atoms with Gasteiger partial charge in [-0.3, -0.25) is 0 Å². The molecule has 2 heterocycles. The minimum atomic E-state index is 0.0113. The molecule has 0 aliphatic carbocycles. The monoisotopic (exact) mass is 247 g/mol. The fourth-order valence-corrected chi connectivity index (χ4v) is 1.37. The van der Waals surface area contributed by atoms with Gasteiger partial charge in [-0.1, -0.05) is 19.0 Å². The highest BCUT2D eigenvalue weighted by Crippen LogP contribution is 2.12. The molecule has 2 N–H and O–H groups in total. The summed E-state index contributed by atoms with van der Waals surface area (Å²) >= 11 is 0. The Labute approximate surface area is 106 Å². The summed E-state index contributed by atoms with van der Waals surface area (Å²) < 4.78 is 5.15. The second-order valence-corrected chi connectivity index (χ2v) is 4.71. The Morgan fingerprint density at radius 3 is 2.50 bits per heavy atom. The van der Waals surface area contributed by atoms with Crippen LogP contribution in [0.15, 0.2) is 16.9 Å². The van der Waals surface area contributed by atoms with E-state index in [0.717, 1.165) is 5.56 Å². The average molecular weight is 247 g/mol. The van der Waals surface area contributed by atoms with E-state index in [1.54, 1.807) is 12.4 Å². The van der Waals surface area contributed by atoms with Gasteiger partial charge in [-0.15, -0.1) is 0 Å². The number of rotatable bonds is 4. The molecule has 1 atom stereocenters. The standard InChI is InChI=1S/C12H17N5O/c1-7(2)9(13)4-10-16-12(17-18-10)11-14-5-8(3)6-15-11/h5-7,9H,4,13H2,1-3H3. The SMILES string of the molecule is Cc1cnc(-c2noc(CC(N)C(C)C)n2)nc1. The first-order valence-electron chi connectivity index (χ1n) is 5.93. The Kier molecular flexibility index (Phi) is 3.66. The maximum Gasteiger partial charge on any atom is 0.240 e. The molecular formula is C12H17N5O. The average Bonchev–Trinajstić information content (AvgIpc) is 2.78. The zero-order valence-electron chi connectivity index (χ0n) is 10.8. The van der Waals surface area contributed by atoms with Crippen molar-refractivity contribution in [3.8, 4) is 11.6 Å². The van der Waals surface area contributed by atoms with Crippen LogP contribution in [0.1, 0.15) is 25.3 Å². The van der Waals surface area contributed by atoms with Crippen LogP contribution in [-0.4, -0.2) is 26.2 Å². The van der Waals surface area contributed by atoms with Crippen molar-refractivity contribution >= 4 is 0 Å². The lowest BCUT2D eigenvalue weighted by Gasteiger charge is -2.11. The van der Waals surface area contributed by atoms with E-state index in [4.69, 9.17) is 10.3 Å². The molecule has 2 aromatic rings. The molecule has 2 aromatic heterocycles. The largest absolute Gasteiger partial charge is 0.339 e. The Bertz CT molecular complexity index is 505. The predicted molar refractivity (Wildman–Crippen MR) is 66.6 cm³/mol. The molecule has 0 radical (unpaired) electrons. The Morgan fingerprint density at radius 2 is 1.89 bits per heavy atom. The summed E-state index contributed by atoms with van der Waals surface area (Å²) in [6, 6.07) is 0.0113. The first-order chi connectivity index (χ1) is 8.56. The number of aryl methyl sites for hydroxylation is 1. The number of hydrogen-bond acceptors (Lipinski definition) is 6. The van der Waals surface area contributed by atoms with Crippen LogP contribution in [0.4, 0.5) is 0 Å². The smallest absolute Gasteiger partial charge is 0.240 e. The van der Waals surface area contributed by atoms with Crippen molar-refractivity contribution in [3.05, 3.63) is 23.8 Å². The zero-order valence-corrected chi connectivity index (χ0v) is 10.8. The van der Waals surface area contributed by atoms with Crippen molar-refractivity contribution in [2.75, 3.05) is 0 Å². The molecule has 0 spiro atoms. The summed E-state index contributed by atoms with van der Waals surface area (Å²) in [5, 5.41) is 3.86. The topological polar surface area (TPSA) is 90.7 Å². The molecule has 0 aliphatic rings. The highest BCUT2D eigenvalue weighted by molar-refractivity contribution is 5.40. The van der Waals surface area contributed by atoms with Crippen molar-refractivity contribution in [3.63, 3.8) is 0 Å². The summed E-state index contributed by atoms with van der Waals surface area (Å²) in [4.78, 5) is 12.5. The van der Waals surface area contributed by atoms with E-state index in [9.17, 15) is 0 Å². The van der Waals surface area contributed by atoms with Crippen molar-refractivity contribution in [2.45, 2.75) is 33.2 Å². The molecule has 1 unspecified atom stereocenters. The third-order valence-electron chi connectivity index (χ3n) is 2.72. The highest BCUT2D eigenvalue weighted by atomic mass is 16.5. The van der Waals surface area contributed by atoms with Gasteiger partial charge in [0.05, 0.1) is 0 Å². The maximum atomic E-state index is 5.96. The van der Waals surface area contributed by atoms with Crippen molar-refractivity contribution in [1.29, 1.82) is 0 Å². The molecule has 6 heteroatoms. The van der Waals surface area contributed by atoms with Gasteiger partial charge in [0, 0.05) is 24.9 Å². The molecule has 0 aromatic carbocycles. The molecule has 18 heavy (non-hydrogen) atoms. The van der Waals surface area contributed by atoms with Gasteiger partial charge in [-0.2, -0.15) is 4.98 Å². The van der Waals surface area contributed by atoms with E-state index in [2.05, 4.69) is 34.0 Å². The third kappa shape index (κ3) is 2.89. The fourth-order valence-electron chi connectivity index (χ4n) is 1.37. The van der Waals surface area contributed by atoms with E-state index in [-0.39, 0.29) is 6.04 Å². The number of aromatic nitrogens is 4. The van der Waals surface area contributed by atoms with Crippen LogP contribution in [0.2, 0.25) is 0 Å². The van der Waals surface area contributed by atoms with Gasteiger partial charge < -0.3 is 10.3 Å². The summed E-state index contributed by atoms with van der Waals surface area (Å²) in [6.07, 6.45) is 4.01. The van der Waals surface area contributed by atoms with Crippen LogP contribution >= 0.6 is 0 Å². The van der Waals surface area contributed by atoms with Gasteiger partial charge in [0.15, 0.2) is 0 Å². The van der Waals surface area contributed by atoms with Crippen LogP contribution in [0.25, 0.3) is 11.6 Å². The number of hydrogen-bond donors (Lipinski definition) is 1. The second-order valence-electron chi connectivity index (χ2n) is 4.71. The zero-order chi connectivity index (χ0) is 13.1. The van der Waals surface area contributed by atoms with E-state index >= 15 is 0 Å². The second kappa shape index (κ2) is 5.22. The van der Waals surface area contributed by atoms with Gasteiger partial charge in [0.25, 0.3) is 0 Å². The van der Waals surface area contributed by atoms with E-state index < -0.39 is 0 Å². The molecule has 2 rings (SSSR count). The molecule has 96 valence electrons. The minimum Gasteiger partial charge on any atom is -0.339 e. The first kappa shape index (κ1) is 12.6. The number of nitrogens with two attached hydrogens (primary N) is 1. The van der Waals surface area contributed by atoms with Crippen LogP contribution < -0.4 is 5.73 Å². The summed E-state index contributed by atoms with van der Waals surface area (Å²) in [6.45, 7) is 6.04. The van der Waals surface area contributed by atoms with Crippen molar-refractivity contribution < 1.29 is 4.52 Å². The van der Waals surface area contributed by atoms with E-state index in [1.165, 1.54) is 0 Å². The molecule has 0 saturated heterocycles. The predicted octanol–water partition coefficient (Wildman–Crippen LogP) is 1.36. The fraction of sp³-hybridized carbons (Fsp3) is 0.500. The Balaban J connectivity index is 2.13. The maximum absolute atomic E-state index is 5.96. The first-order valence-corrected chi connectivity index (χ1v) is 5.93. The third-order valence-corrected chi connectivity index (χ3v) is 2.72. The van der Waals surface area contributed by atoms with Gasteiger partial charge in [-0.05, 0) is 18.4 Å². The molecule has 0 bridgehead atoms. The van der Waals surface area contributed by atoms with Gasteiger partial charge in [-0.25, -0.2) is 9.97 Å². The van der Waals surface area contributed by atoms with Gasteiger partial charge >= 0.3 is 0 Å². The normalized spacial score (nSPS) is 12.9. The van der Waals surface area contributed by atoms with Gasteiger partial charge in [0.2, 0.25) is 17.5 Å². The van der Waals surface area contributed by atoms with Crippen LogP contribution in [0.5, 0.6) is 0 Å². The van der Waals surface area contributed by atoms with Crippen LogP contribution in [-0.2, 0) is 6.42 Å².